The van der Waals surface area contributed by atoms with Gasteiger partial charge in [-0.1, -0.05) is 6.07 Å². The molecule has 1 N–H and O–H groups in total. The molecule has 0 saturated heterocycles. The maximum absolute atomic E-state index is 12.2. The van der Waals surface area contributed by atoms with Crippen molar-refractivity contribution < 1.29 is 23.9 Å². The number of hydrogen-bond acceptors (Lipinski definition) is 5. The molecule has 27 heavy (non-hydrogen) atoms. The zero-order valence-electron chi connectivity index (χ0n) is 15.6. The lowest BCUT2D eigenvalue weighted by atomic mass is 10.1. The number of nitrogens with one attached hydrogen (secondary N) is 1. The van der Waals surface area contributed by atoms with Crippen LogP contribution in [0.5, 0.6) is 0 Å². The molecule has 7 heteroatoms. The number of rotatable bonds is 9. The fourth-order valence-electron chi connectivity index (χ4n) is 2.47. The molecule has 0 atom stereocenters. The fraction of sp³-hybridized carbons (Fsp3) is 0.350. The van der Waals surface area contributed by atoms with Crippen LogP contribution < -0.4 is 5.32 Å². The zero-order chi connectivity index (χ0) is 19.6. The summed E-state index contributed by atoms with van der Waals surface area (Å²) >= 11 is 0. The second-order valence-electron chi connectivity index (χ2n) is 5.93. The third-order valence-electron chi connectivity index (χ3n) is 3.85. The van der Waals surface area contributed by atoms with E-state index in [0.29, 0.717) is 25.1 Å². The first-order valence-corrected chi connectivity index (χ1v) is 8.84. The highest BCUT2D eigenvalue weighted by Gasteiger charge is 2.12. The first kappa shape index (κ1) is 20.2. The third-order valence-corrected chi connectivity index (χ3v) is 3.85. The van der Waals surface area contributed by atoms with Crippen molar-refractivity contribution in [2.75, 3.05) is 19.8 Å². The number of aryl methyl sites for hydroxylation is 1. The molecule has 0 fully saturated rings. The summed E-state index contributed by atoms with van der Waals surface area (Å²) < 4.78 is 11.8. The van der Waals surface area contributed by atoms with Gasteiger partial charge in [0.25, 0.3) is 5.91 Å². The highest BCUT2D eigenvalue weighted by atomic mass is 16.5. The molecule has 1 aromatic carbocycles. The zero-order valence-corrected chi connectivity index (χ0v) is 15.6. The number of nitrogens with zero attached hydrogens (tertiary/aromatic N) is 1. The van der Waals surface area contributed by atoms with Crippen molar-refractivity contribution in [1.29, 1.82) is 0 Å². The van der Waals surface area contributed by atoms with Crippen LogP contribution in [0.25, 0.3) is 5.69 Å². The van der Waals surface area contributed by atoms with Crippen molar-refractivity contribution in [3.63, 3.8) is 0 Å². The minimum Gasteiger partial charge on any atom is -0.466 e. The highest BCUT2D eigenvalue weighted by molar-refractivity contribution is 5.92. The topological polar surface area (TPSA) is 86.6 Å². The van der Waals surface area contributed by atoms with E-state index in [1.54, 1.807) is 19.1 Å². The Morgan fingerprint density at radius 3 is 2.56 bits per heavy atom. The number of ether oxygens (including phenoxy) is 2. The lowest BCUT2D eigenvalue weighted by molar-refractivity contribution is -0.143. The van der Waals surface area contributed by atoms with Crippen molar-refractivity contribution in [3.05, 3.63) is 53.9 Å². The van der Waals surface area contributed by atoms with E-state index in [4.69, 9.17) is 9.47 Å². The van der Waals surface area contributed by atoms with E-state index < -0.39 is 11.9 Å². The van der Waals surface area contributed by atoms with Gasteiger partial charge in [-0.15, -0.1) is 0 Å². The minimum atomic E-state index is -0.565. The molecular weight excluding hydrogens is 348 g/mol. The predicted molar refractivity (Wildman–Crippen MR) is 99.7 cm³/mol. The average molecular weight is 372 g/mol. The van der Waals surface area contributed by atoms with Crippen LogP contribution in [0.1, 0.15) is 35.7 Å². The van der Waals surface area contributed by atoms with E-state index in [1.165, 1.54) is 0 Å². The summed E-state index contributed by atoms with van der Waals surface area (Å²) in [5.41, 5.74) is 2.26. The van der Waals surface area contributed by atoms with Gasteiger partial charge in [-0.2, -0.15) is 0 Å². The van der Waals surface area contributed by atoms with E-state index in [2.05, 4.69) is 5.32 Å². The normalized spacial score (nSPS) is 10.3. The molecule has 0 unspecified atom stereocenters. The van der Waals surface area contributed by atoms with Crippen molar-refractivity contribution >= 4 is 17.8 Å². The molecule has 1 aromatic heterocycles. The summed E-state index contributed by atoms with van der Waals surface area (Å²) in [6.07, 6.45) is 4.48. The monoisotopic (exact) mass is 372 g/mol. The van der Waals surface area contributed by atoms with Gasteiger partial charge >= 0.3 is 11.9 Å². The van der Waals surface area contributed by atoms with Crippen molar-refractivity contribution in [1.82, 2.24) is 9.88 Å². The standard InChI is InChI=1S/C20H24N2O5/c1-3-26-19(24)7-6-10-21-18(23)14-27-20(25)16-9-8-15(2)17(13-16)22-11-4-5-12-22/h4-5,8-9,11-13H,3,6-7,10,14H2,1-2H3,(H,21,23). The number of hydrogen-bond donors (Lipinski definition) is 1. The van der Waals surface area contributed by atoms with Crippen LogP contribution in [-0.2, 0) is 19.1 Å². The molecule has 7 nitrogen and oxygen atoms in total. The molecule has 0 aliphatic carbocycles. The summed E-state index contributed by atoms with van der Waals surface area (Å²) in [4.78, 5) is 35.1. The Balaban J connectivity index is 1.79. The van der Waals surface area contributed by atoms with Gasteiger partial charge in [0.05, 0.1) is 12.2 Å². The largest absolute Gasteiger partial charge is 0.466 e. The van der Waals surface area contributed by atoms with Crippen LogP contribution in [0, 0.1) is 6.92 Å². The quantitative estimate of drug-likeness (QED) is 0.540. The van der Waals surface area contributed by atoms with Gasteiger partial charge in [0.2, 0.25) is 0 Å². The summed E-state index contributed by atoms with van der Waals surface area (Å²) in [7, 11) is 0. The van der Waals surface area contributed by atoms with Gasteiger partial charge < -0.3 is 19.4 Å². The first-order chi connectivity index (χ1) is 13.0. The van der Waals surface area contributed by atoms with Crippen molar-refractivity contribution in [2.24, 2.45) is 0 Å². The van der Waals surface area contributed by atoms with Crippen LogP contribution in [0.2, 0.25) is 0 Å². The lowest BCUT2D eigenvalue weighted by Crippen LogP contribution is -2.30. The Labute approximate surface area is 158 Å². The number of carbonyl (C=O) groups is 3. The van der Waals surface area contributed by atoms with Gasteiger partial charge in [-0.05, 0) is 50.1 Å². The molecular formula is C20H24N2O5. The maximum atomic E-state index is 12.2. The highest BCUT2D eigenvalue weighted by Crippen LogP contribution is 2.17. The van der Waals surface area contributed by atoms with E-state index in [9.17, 15) is 14.4 Å². The third kappa shape index (κ3) is 6.29. The lowest BCUT2D eigenvalue weighted by Gasteiger charge is -2.10. The average Bonchev–Trinajstić information content (AvgIpc) is 3.18. The summed E-state index contributed by atoms with van der Waals surface area (Å²) in [6.45, 7) is 3.98. The van der Waals surface area contributed by atoms with Crippen LogP contribution >= 0.6 is 0 Å². The second kappa shape index (κ2) is 10.2. The van der Waals surface area contributed by atoms with E-state index >= 15 is 0 Å². The van der Waals surface area contributed by atoms with Gasteiger partial charge in [0.15, 0.2) is 6.61 Å². The maximum Gasteiger partial charge on any atom is 0.338 e. The Morgan fingerprint density at radius 1 is 1.11 bits per heavy atom. The van der Waals surface area contributed by atoms with Crippen LogP contribution in [0.4, 0.5) is 0 Å². The first-order valence-electron chi connectivity index (χ1n) is 8.84. The number of aromatic nitrogens is 1. The van der Waals surface area contributed by atoms with Crippen molar-refractivity contribution in [2.45, 2.75) is 26.7 Å². The van der Waals surface area contributed by atoms with Gasteiger partial charge in [0.1, 0.15) is 0 Å². The van der Waals surface area contributed by atoms with Crippen LogP contribution in [0.15, 0.2) is 42.7 Å². The molecule has 1 heterocycles. The van der Waals surface area contributed by atoms with Crippen LogP contribution in [-0.4, -0.2) is 42.2 Å². The Kier molecular flexibility index (Phi) is 7.61. The Bertz CT molecular complexity index is 784. The molecule has 0 saturated carbocycles. The smallest absolute Gasteiger partial charge is 0.338 e. The molecule has 2 rings (SSSR count). The van der Waals surface area contributed by atoms with E-state index in [0.717, 1.165) is 11.3 Å². The van der Waals surface area contributed by atoms with E-state index in [1.807, 2.05) is 42.1 Å². The number of carbonyl (C=O) groups excluding carboxylic acids is 3. The number of benzene rings is 1. The molecule has 0 bridgehead atoms. The molecule has 0 spiro atoms. The van der Waals surface area contributed by atoms with Gasteiger partial charge in [-0.3, -0.25) is 9.59 Å². The predicted octanol–water partition coefficient (Wildman–Crippen LogP) is 2.40. The van der Waals surface area contributed by atoms with Gasteiger partial charge in [0, 0.05) is 31.0 Å². The Morgan fingerprint density at radius 2 is 1.85 bits per heavy atom. The van der Waals surface area contributed by atoms with Gasteiger partial charge in [-0.25, -0.2) is 4.79 Å². The van der Waals surface area contributed by atoms with E-state index in [-0.39, 0.29) is 19.0 Å². The van der Waals surface area contributed by atoms with Crippen LogP contribution in [0.3, 0.4) is 0 Å². The summed E-state index contributed by atoms with van der Waals surface area (Å²) in [5.74, 6) is -1.27. The molecule has 0 aliphatic rings. The Hall–Kier alpha value is -3.09. The fourth-order valence-corrected chi connectivity index (χ4v) is 2.47. The summed E-state index contributed by atoms with van der Waals surface area (Å²) in [5, 5.41) is 2.60. The molecule has 144 valence electrons. The minimum absolute atomic E-state index is 0.236. The second-order valence-corrected chi connectivity index (χ2v) is 5.93. The number of esters is 2. The molecule has 2 aromatic rings. The molecule has 0 aliphatic heterocycles. The number of amides is 1. The molecule has 1 amide bonds. The van der Waals surface area contributed by atoms with Crippen molar-refractivity contribution in [3.8, 4) is 5.69 Å². The summed E-state index contributed by atoms with van der Waals surface area (Å²) in [6, 6.07) is 9.03. The SMILES string of the molecule is CCOC(=O)CCCNC(=O)COC(=O)c1ccc(C)c(-n2cccc2)c1. The molecule has 0 radical (unpaired) electrons.